The van der Waals surface area contributed by atoms with Crippen molar-refractivity contribution in [2.75, 3.05) is 26.8 Å². The van der Waals surface area contributed by atoms with Crippen LogP contribution in [0.4, 0.5) is 4.79 Å². The number of rotatable bonds is 10. The number of ether oxygens (including phenoxy) is 1. The number of carboxylic acid groups (broad SMARTS) is 1. The zero-order valence-electron chi connectivity index (χ0n) is 13.0. The molecule has 0 aliphatic heterocycles. The van der Waals surface area contributed by atoms with Crippen molar-refractivity contribution in [1.29, 1.82) is 0 Å². The third kappa shape index (κ3) is 7.99. The van der Waals surface area contributed by atoms with Crippen LogP contribution in [0.25, 0.3) is 0 Å². The van der Waals surface area contributed by atoms with Crippen LogP contribution in [-0.2, 0) is 9.53 Å². The van der Waals surface area contributed by atoms with Crippen LogP contribution in [0.2, 0.25) is 0 Å². The standard InChI is InChI=1S/C14H28N2O4/c1-5-16(12(3)10-20-4)14(19)15-9-8-11(2)6-7-13(17)18/h11-12H,5-10H2,1-4H3,(H,15,19)(H,17,18). The van der Waals surface area contributed by atoms with Gasteiger partial charge in [-0.3, -0.25) is 4.79 Å². The molecule has 20 heavy (non-hydrogen) atoms. The van der Waals surface area contributed by atoms with Crippen LogP contribution in [0, 0.1) is 5.92 Å². The van der Waals surface area contributed by atoms with Gasteiger partial charge in [0.1, 0.15) is 0 Å². The van der Waals surface area contributed by atoms with E-state index in [1.165, 1.54) is 0 Å². The fourth-order valence-electron chi connectivity index (χ4n) is 2.03. The Morgan fingerprint density at radius 3 is 2.45 bits per heavy atom. The van der Waals surface area contributed by atoms with E-state index in [2.05, 4.69) is 5.32 Å². The summed E-state index contributed by atoms with van der Waals surface area (Å²) in [6.45, 7) is 7.58. The fraction of sp³-hybridized carbons (Fsp3) is 0.857. The summed E-state index contributed by atoms with van der Waals surface area (Å²) >= 11 is 0. The summed E-state index contributed by atoms with van der Waals surface area (Å²) in [6.07, 6.45) is 1.61. The van der Waals surface area contributed by atoms with E-state index in [1.807, 2.05) is 20.8 Å². The van der Waals surface area contributed by atoms with Gasteiger partial charge in [0.05, 0.1) is 12.6 Å². The number of urea groups is 1. The Morgan fingerprint density at radius 2 is 1.95 bits per heavy atom. The largest absolute Gasteiger partial charge is 0.481 e. The van der Waals surface area contributed by atoms with E-state index >= 15 is 0 Å². The molecule has 118 valence electrons. The lowest BCUT2D eigenvalue weighted by Gasteiger charge is -2.27. The Balaban J connectivity index is 3.98. The minimum Gasteiger partial charge on any atom is -0.481 e. The number of methoxy groups -OCH3 is 1. The number of nitrogens with one attached hydrogen (secondary N) is 1. The van der Waals surface area contributed by atoms with Crippen LogP contribution >= 0.6 is 0 Å². The van der Waals surface area contributed by atoms with Gasteiger partial charge in [0.25, 0.3) is 0 Å². The first-order valence-corrected chi connectivity index (χ1v) is 7.17. The average Bonchev–Trinajstić information content (AvgIpc) is 2.37. The Morgan fingerprint density at radius 1 is 1.30 bits per heavy atom. The van der Waals surface area contributed by atoms with Gasteiger partial charge >= 0.3 is 12.0 Å². The predicted molar refractivity (Wildman–Crippen MR) is 77.8 cm³/mol. The number of carbonyl (C=O) groups is 2. The van der Waals surface area contributed by atoms with Crippen molar-refractivity contribution in [3.63, 3.8) is 0 Å². The van der Waals surface area contributed by atoms with E-state index in [4.69, 9.17) is 9.84 Å². The zero-order chi connectivity index (χ0) is 15.5. The Bertz CT molecular complexity index is 297. The van der Waals surface area contributed by atoms with Crippen LogP contribution in [-0.4, -0.2) is 54.9 Å². The molecule has 6 heteroatoms. The van der Waals surface area contributed by atoms with Crippen LogP contribution in [0.1, 0.15) is 40.0 Å². The fourth-order valence-corrected chi connectivity index (χ4v) is 2.03. The summed E-state index contributed by atoms with van der Waals surface area (Å²) in [6, 6.07) is -0.0584. The molecule has 0 fully saturated rings. The van der Waals surface area contributed by atoms with E-state index < -0.39 is 5.97 Å². The van der Waals surface area contributed by atoms with E-state index in [1.54, 1.807) is 12.0 Å². The zero-order valence-corrected chi connectivity index (χ0v) is 13.0. The third-order valence-corrected chi connectivity index (χ3v) is 3.31. The highest BCUT2D eigenvalue weighted by Gasteiger charge is 2.17. The summed E-state index contributed by atoms with van der Waals surface area (Å²) in [4.78, 5) is 24.2. The molecule has 0 saturated carbocycles. The van der Waals surface area contributed by atoms with Gasteiger partial charge in [-0.1, -0.05) is 6.92 Å². The van der Waals surface area contributed by atoms with Crippen LogP contribution in [0.5, 0.6) is 0 Å². The molecule has 0 rings (SSSR count). The van der Waals surface area contributed by atoms with Gasteiger partial charge in [-0.05, 0) is 32.6 Å². The molecule has 6 nitrogen and oxygen atoms in total. The van der Waals surface area contributed by atoms with Crippen molar-refractivity contribution in [2.45, 2.75) is 46.1 Å². The molecule has 0 radical (unpaired) electrons. The monoisotopic (exact) mass is 288 g/mol. The molecule has 0 aliphatic carbocycles. The van der Waals surface area contributed by atoms with Gasteiger partial charge in [0.2, 0.25) is 0 Å². The van der Waals surface area contributed by atoms with Gasteiger partial charge in [-0.25, -0.2) is 4.79 Å². The smallest absolute Gasteiger partial charge is 0.317 e. The Hall–Kier alpha value is -1.30. The number of aliphatic carboxylic acids is 1. The van der Waals surface area contributed by atoms with Crippen LogP contribution in [0.15, 0.2) is 0 Å². The van der Waals surface area contributed by atoms with Gasteiger partial charge < -0.3 is 20.1 Å². The highest BCUT2D eigenvalue weighted by molar-refractivity contribution is 5.74. The molecule has 0 aromatic rings. The summed E-state index contributed by atoms with van der Waals surface area (Å²) in [5.74, 6) is -0.482. The summed E-state index contributed by atoms with van der Waals surface area (Å²) in [5, 5.41) is 11.5. The van der Waals surface area contributed by atoms with Gasteiger partial charge in [0, 0.05) is 26.6 Å². The topological polar surface area (TPSA) is 78.9 Å². The number of carbonyl (C=O) groups excluding carboxylic acids is 1. The molecule has 0 heterocycles. The average molecular weight is 288 g/mol. The number of hydrogen-bond donors (Lipinski definition) is 2. The van der Waals surface area contributed by atoms with Crippen molar-refractivity contribution >= 4 is 12.0 Å². The van der Waals surface area contributed by atoms with Crippen LogP contribution in [0.3, 0.4) is 0 Å². The van der Waals surface area contributed by atoms with E-state index in [-0.39, 0.29) is 24.4 Å². The molecule has 0 saturated heterocycles. The first-order chi connectivity index (χ1) is 9.42. The molecule has 0 bridgehead atoms. The van der Waals surface area contributed by atoms with E-state index in [9.17, 15) is 9.59 Å². The maximum absolute atomic E-state index is 12.0. The van der Waals surface area contributed by atoms with Crippen molar-refractivity contribution in [1.82, 2.24) is 10.2 Å². The first kappa shape index (κ1) is 18.7. The molecular weight excluding hydrogens is 260 g/mol. The number of carboxylic acids is 1. The number of likely N-dealkylation sites (N-methyl/N-ethyl adjacent to an activating group) is 1. The molecule has 0 spiro atoms. The molecule has 0 aromatic heterocycles. The minimum atomic E-state index is -0.772. The van der Waals surface area contributed by atoms with Crippen molar-refractivity contribution < 1.29 is 19.4 Å². The van der Waals surface area contributed by atoms with E-state index in [0.717, 1.165) is 6.42 Å². The summed E-state index contributed by atoms with van der Waals surface area (Å²) in [5.41, 5.74) is 0. The molecule has 0 aromatic carbocycles. The summed E-state index contributed by atoms with van der Waals surface area (Å²) in [7, 11) is 1.62. The Kier molecular flexibility index (Phi) is 9.80. The molecule has 0 aliphatic rings. The number of hydrogen-bond acceptors (Lipinski definition) is 3. The summed E-state index contributed by atoms with van der Waals surface area (Å²) < 4.78 is 5.06. The SMILES string of the molecule is CCN(C(=O)NCCC(C)CCC(=O)O)C(C)COC. The van der Waals surface area contributed by atoms with Gasteiger partial charge in [-0.15, -0.1) is 0 Å². The highest BCUT2D eigenvalue weighted by atomic mass is 16.5. The quantitative estimate of drug-likeness (QED) is 0.644. The number of amides is 2. The molecule has 2 N–H and O–H groups in total. The maximum atomic E-state index is 12.0. The molecular formula is C14H28N2O4. The van der Waals surface area contributed by atoms with Gasteiger partial charge in [0.15, 0.2) is 0 Å². The Labute approximate surface area is 121 Å². The second kappa shape index (κ2) is 10.5. The third-order valence-electron chi connectivity index (χ3n) is 3.31. The maximum Gasteiger partial charge on any atom is 0.317 e. The lowest BCUT2D eigenvalue weighted by molar-refractivity contribution is -0.137. The van der Waals surface area contributed by atoms with Crippen molar-refractivity contribution in [2.24, 2.45) is 5.92 Å². The van der Waals surface area contributed by atoms with Gasteiger partial charge in [-0.2, -0.15) is 0 Å². The first-order valence-electron chi connectivity index (χ1n) is 7.17. The second-order valence-electron chi connectivity index (χ2n) is 5.15. The normalized spacial score (nSPS) is 13.6. The van der Waals surface area contributed by atoms with Crippen LogP contribution < -0.4 is 5.32 Å². The van der Waals surface area contributed by atoms with Crippen molar-refractivity contribution in [3.05, 3.63) is 0 Å². The second-order valence-corrected chi connectivity index (χ2v) is 5.15. The highest BCUT2D eigenvalue weighted by Crippen LogP contribution is 2.09. The molecule has 2 atom stereocenters. The molecule has 2 unspecified atom stereocenters. The van der Waals surface area contributed by atoms with Crippen molar-refractivity contribution in [3.8, 4) is 0 Å². The predicted octanol–water partition coefficient (Wildman–Crippen LogP) is 1.94. The molecule has 2 amide bonds. The minimum absolute atomic E-state index is 0.0365. The number of nitrogens with zero attached hydrogens (tertiary/aromatic N) is 1. The lowest BCUT2D eigenvalue weighted by atomic mass is 10.0. The van der Waals surface area contributed by atoms with E-state index in [0.29, 0.717) is 26.1 Å². The lowest BCUT2D eigenvalue weighted by Crippen LogP contribution is -2.46.